The summed E-state index contributed by atoms with van der Waals surface area (Å²) in [4.78, 5) is 13.0. The van der Waals surface area contributed by atoms with Crippen molar-refractivity contribution in [2.45, 2.75) is 0 Å². The average Bonchev–Trinajstić information content (AvgIpc) is 2.62. The summed E-state index contributed by atoms with van der Waals surface area (Å²) in [5, 5.41) is 0. The van der Waals surface area contributed by atoms with Crippen molar-refractivity contribution in [1.82, 2.24) is 4.90 Å². The molecule has 3 heteroatoms. The fraction of sp³-hybridized carbons (Fsp3) is 0.182. The summed E-state index contributed by atoms with van der Waals surface area (Å²) in [7, 11) is 0. The molecule has 0 saturated carbocycles. The summed E-state index contributed by atoms with van der Waals surface area (Å²) in [6.07, 6.45) is 13.4. The van der Waals surface area contributed by atoms with Gasteiger partial charge in [-0.1, -0.05) is 18.2 Å². The zero-order valence-electron chi connectivity index (χ0n) is 7.76. The normalized spacial score (nSPS) is 24.1. The van der Waals surface area contributed by atoms with E-state index >= 15 is 0 Å². The van der Waals surface area contributed by atoms with E-state index in [0.717, 1.165) is 6.54 Å². The smallest absolute Gasteiger partial charge is 0.248 e. The van der Waals surface area contributed by atoms with E-state index < -0.39 is 5.91 Å². The lowest BCUT2D eigenvalue weighted by molar-refractivity contribution is -0.114. The maximum atomic E-state index is 11.0. The van der Waals surface area contributed by atoms with E-state index in [0.29, 0.717) is 11.5 Å². The Hall–Kier alpha value is -1.77. The second-order valence-electron chi connectivity index (χ2n) is 3.39. The molecule has 2 rings (SSSR count). The van der Waals surface area contributed by atoms with E-state index in [1.165, 1.54) is 0 Å². The van der Waals surface area contributed by atoms with Gasteiger partial charge >= 0.3 is 0 Å². The van der Waals surface area contributed by atoms with Crippen molar-refractivity contribution < 1.29 is 4.79 Å². The van der Waals surface area contributed by atoms with Crippen LogP contribution in [0.1, 0.15) is 0 Å². The van der Waals surface area contributed by atoms with Gasteiger partial charge in [0.05, 0.1) is 0 Å². The van der Waals surface area contributed by atoms with Crippen LogP contribution in [-0.2, 0) is 4.79 Å². The Morgan fingerprint density at radius 3 is 3.07 bits per heavy atom. The fourth-order valence-corrected chi connectivity index (χ4v) is 1.52. The van der Waals surface area contributed by atoms with Crippen LogP contribution in [0.25, 0.3) is 0 Å². The van der Waals surface area contributed by atoms with Gasteiger partial charge in [-0.25, -0.2) is 0 Å². The topological polar surface area (TPSA) is 46.3 Å². The Labute approximate surface area is 82.9 Å². The van der Waals surface area contributed by atoms with Crippen LogP contribution in [0.15, 0.2) is 48.4 Å². The van der Waals surface area contributed by atoms with Crippen molar-refractivity contribution in [3.8, 4) is 0 Å². The standard InChI is InChI=1S/C11H12N2O/c12-11(14)10-3-1-2-9-4-6-13(8-9)7-5-10/h1-7,9H,8H2,(H2,12,14). The molecule has 0 aromatic heterocycles. The highest BCUT2D eigenvalue weighted by atomic mass is 16.1. The van der Waals surface area contributed by atoms with E-state index in [4.69, 9.17) is 5.73 Å². The Morgan fingerprint density at radius 2 is 2.29 bits per heavy atom. The van der Waals surface area contributed by atoms with Crippen molar-refractivity contribution in [3.63, 3.8) is 0 Å². The number of rotatable bonds is 1. The first-order valence-corrected chi connectivity index (χ1v) is 4.56. The van der Waals surface area contributed by atoms with Crippen molar-refractivity contribution >= 4 is 5.91 Å². The SMILES string of the molecule is NC(=O)C1=CC=CC2C=CN(C=C1)C2. The second-order valence-corrected chi connectivity index (χ2v) is 3.39. The first-order valence-electron chi connectivity index (χ1n) is 4.56. The molecule has 0 aliphatic carbocycles. The molecular formula is C11H12N2O. The second kappa shape index (κ2) is 3.54. The molecule has 0 saturated heterocycles. The maximum absolute atomic E-state index is 11.0. The van der Waals surface area contributed by atoms with E-state index in [-0.39, 0.29) is 0 Å². The minimum Gasteiger partial charge on any atom is -0.366 e. The van der Waals surface area contributed by atoms with Crippen molar-refractivity contribution in [1.29, 1.82) is 0 Å². The number of hydrogen-bond acceptors (Lipinski definition) is 2. The molecule has 2 heterocycles. The molecule has 0 fully saturated rings. The van der Waals surface area contributed by atoms with Gasteiger partial charge in [0.15, 0.2) is 0 Å². The third-order valence-corrected chi connectivity index (χ3v) is 2.31. The highest BCUT2D eigenvalue weighted by molar-refractivity contribution is 5.95. The summed E-state index contributed by atoms with van der Waals surface area (Å²) in [5.41, 5.74) is 5.74. The van der Waals surface area contributed by atoms with Gasteiger partial charge in [0.2, 0.25) is 5.91 Å². The zero-order valence-corrected chi connectivity index (χ0v) is 7.76. The van der Waals surface area contributed by atoms with Crippen LogP contribution in [0.3, 0.4) is 0 Å². The van der Waals surface area contributed by atoms with E-state index in [9.17, 15) is 4.79 Å². The molecule has 72 valence electrons. The number of primary amides is 1. The van der Waals surface area contributed by atoms with Gasteiger partial charge < -0.3 is 10.6 Å². The monoisotopic (exact) mass is 188 g/mol. The molecule has 2 aliphatic rings. The number of carbonyl (C=O) groups is 1. The molecular weight excluding hydrogens is 176 g/mol. The molecule has 3 nitrogen and oxygen atoms in total. The third kappa shape index (κ3) is 1.76. The summed E-state index contributed by atoms with van der Waals surface area (Å²) in [5.74, 6) is 0.0389. The predicted octanol–water partition coefficient (Wildman–Crippen LogP) is 0.927. The van der Waals surface area contributed by atoms with Crippen molar-refractivity contribution in [2.75, 3.05) is 6.54 Å². The van der Waals surface area contributed by atoms with Gasteiger partial charge in [-0.05, 0) is 12.2 Å². The zero-order chi connectivity index (χ0) is 9.97. The third-order valence-electron chi connectivity index (χ3n) is 2.31. The van der Waals surface area contributed by atoms with Crippen molar-refractivity contribution in [2.24, 2.45) is 11.7 Å². The predicted molar refractivity (Wildman–Crippen MR) is 54.9 cm³/mol. The van der Waals surface area contributed by atoms with Crippen LogP contribution in [0.4, 0.5) is 0 Å². The average molecular weight is 188 g/mol. The molecule has 2 bridgehead atoms. The van der Waals surface area contributed by atoms with Gasteiger partial charge in [-0.2, -0.15) is 0 Å². The first kappa shape index (κ1) is 8.81. The molecule has 0 aromatic rings. The molecule has 0 aromatic carbocycles. The Morgan fingerprint density at radius 1 is 1.43 bits per heavy atom. The molecule has 0 radical (unpaired) electrons. The van der Waals surface area contributed by atoms with Crippen LogP contribution in [-0.4, -0.2) is 17.4 Å². The summed E-state index contributed by atoms with van der Waals surface area (Å²) in [6, 6.07) is 0. The lowest BCUT2D eigenvalue weighted by Gasteiger charge is -2.09. The number of fused-ring (bicyclic) bond motifs is 2. The van der Waals surface area contributed by atoms with E-state index in [1.807, 2.05) is 23.4 Å². The number of nitrogens with zero attached hydrogens (tertiary/aromatic N) is 1. The lowest BCUT2D eigenvalue weighted by Crippen LogP contribution is -2.13. The molecule has 2 aliphatic heterocycles. The molecule has 1 atom stereocenters. The highest BCUT2D eigenvalue weighted by Gasteiger charge is 2.12. The molecule has 1 unspecified atom stereocenters. The number of carbonyl (C=O) groups excluding carboxylic acids is 1. The lowest BCUT2D eigenvalue weighted by atomic mass is 10.1. The largest absolute Gasteiger partial charge is 0.366 e. The van der Waals surface area contributed by atoms with Gasteiger partial charge in [-0.15, -0.1) is 0 Å². The van der Waals surface area contributed by atoms with Gasteiger partial charge in [-0.3, -0.25) is 4.79 Å². The van der Waals surface area contributed by atoms with E-state index in [1.54, 1.807) is 12.2 Å². The maximum Gasteiger partial charge on any atom is 0.248 e. The van der Waals surface area contributed by atoms with Crippen LogP contribution >= 0.6 is 0 Å². The fourth-order valence-electron chi connectivity index (χ4n) is 1.52. The number of amides is 1. The van der Waals surface area contributed by atoms with Crippen molar-refractivity contribution in [3.05, 3.63) is 48.4 Å². The van der Waals surface area contributed by atoms with Crippen LogP contribution < -0.4 is 5.73 Å². The summed E-state index contributed by atoms with van der Waals surface area (Å²) >= 11 is 0. The minimum absolute atomic E-state index is 0.395. The highest BCUT2D eigenvalue weighted by Crippen LogP contribution is 2.16. The molecule has 1 amide bonds. The minimum atomic E-state index is -0.395. The van der Waals surface area contributed by atoms with Crippen LogP contribution in [0.5, 0.6) is 0 Å². The van der Waals surface area contributed by atoms with Gasteiger partial charge in [0, 0.05) is 30.4 Å². The molecule has 2 N–H and O–H groups in total. The summed E-state index contributed by atoms with van der Waals surface area (Å²) < 4.78 is 0. The summed E-state index contributed by atoms with van der Waals surface area (Å²) in [6.45, 7) is 0.937. The Balaban J connectivity index is 2.28. The van der Waals surface area contributed by atoms with Crippen LogP contribution in [0, 0.1) is 5.92 Å². The van der Waals surface area contributed by atoms with Gasteiger partial charge in [0.25, 0.3) is 0 Å². The number of allylic oxidation sites excluding steroid dienone is 2. The molecule has 0 spiro atoms. The first-order chi connectivity index (χ1) is 6.75. The van der Waals surface area contributed by atoms with E-state index in [2.05, 4.69) is 12.2 Å². The number of nitrogens with two attached hydrogens (primary N) is 1. The Kier molecular flexibility index (Phi) is 2.23. The Bertz CT molecular complexity index is 363. The quantitative estimate of drug-likeness (QED) is 0.665. The number of hydrogen-bond donors (Lipinski definition) is 1. The van der Waals surface area contributed by atoms with Gasteiger partial charge in [0.1, 0.15) is 0 Å². The van der Waals surface area contributed by atoms with Crippen LogP contribution in [0.2, 0.25) is 0 Å². The molecule has 14 heavy (non-hydrogen) atoms.